The van der Waals surface area contributed by atoms with Crippen LogP contribution in [0.3, 0.4) is 0 Å². The highest BCUT2D eigenvalue weighted by atomic mass is 32.2. The Bertz CT molecular complexity index is 240. The van der Waals surface area contributed by atoms with Gasteiger partial charge in [-0.25, -0.2) is 0 Å². The minimum atomic E-state index is 0.874. The van der Waals surface area contributed by atoms with Gasteiger partial charge in [0.2, 0.25) is 0 Å². The van der Waals surface area contributed by atoms with Gasteiger partial charge in [-0.05, 0) is 12.1 Å². The Morgan fingerprint density at radius 2 is 2.60 bits per heavy atom. The van der Waals surface area contributed by atoms with Gasteiger partial charge in [0, 0.05) is 5.75 Å². The summed E-state index contributed by atoms with van der Waals surface area (Å²) in [7, 11) is 0. The van der Waals surface area contributed by atoms with E-state index in [0.717, 1.165) is 16.6 Å². The Kier molecular flexibility index (Phi) is 1.51. The maximum Gasteiger partial charge on any atom is 0.158 e. The molecule has 0 amide bonds. The molecule has 0 aromatic carbocycles. The molecule has 1 aliphatic rings. The lowest BCUT2D eigenvalue weighted by molar-refractivity contribution is 0.559. The molecule has 0 fully saturated rings. The van der Waals surface area contributed by atoms with Gasteiger partial charge in [0.15, 0.2) is 5.76 Å². The third-order valence-electron chi connectivity index (χ3n) is 1.24. The first-order valence-corrected chi connectivity index (χ1v) is 4.01. The Hall–Kier alpha value is -0.700. The standard InChI is InChI=1S/C7H6NOS/c1-2-6(9-4-1)7-8-3-5-10-7/h1-4H,5H2. The number of thioether (sulfide) groups is 1. The summed E-state index contributed by atoms with van der Waals surface area (Å²) in [4.78, 5) is 4.14. The fourth-order valence-corrected chi connectivity index (χ4v) is 1.52. The molecule has 0 bridgehead atoms. The van der Waals surface area contributed by atoms with Crippen LogP contribution in [0.25, 0.3) is 0 Å². The SMILES string of the molecule is [CH]1CSC(c2ccco2)=N1. The van der Waals surface area contributed by atoms with Crippen LogP contribution in [0.5, 0.6) is 0 Å². The highest BCUT2D eigenvalue weighted by Crippen LogP contribution is 2.20. The van der Waals surface area contributed by atoms with Gasteiger partial charge in [0.1, 0.15) is 5.04 Å². The summed E-state index contributed by atoms with van der Waals surface area (Å²) in [5.74, 6) is 1.84. The zero-order valence-corrected chi connectivity index (χ0v) is 6.10. The lowest BCUT2D eigenvalue weighted by Gasteiger charge is -1.89. The molecule has 0 saturated carbocycles. The molecule has 0 atom stereocenters. The summed E-state index contributed by atoms with van der Waals surface area (Å²) >= 11 is 1.70. The van der Waals surface area contributed by atoms with Crippen LogP contribution in [0.4, 0.5) is 0 Å². The Morgan fingerprint density at radius 1 is 1.60 bits per heavy atom. The smallest absolute Gasteiger partial charge is 0.158 e. The van der Waals surface area contributed by atoms with Crippen molar-refractivity contribution in [1.82, 2.24) is 0 Å². The molecule has 2 nitrogen and oxygen atoms in total. The third-order valence-corrected chi connectivity index (χ3v) is 2.13. The van der Waals surface area contributed by atoms with E-state index in [1.807, 2.05) is 18.7 Å². The molecule has 0 saturated heterocycles. The summed E-state index contributed by atoms with van der Waals surface area (Å²) in [5, 5.41) is 0.991. The predicted octanol–water partition coefficient (Wildman–Crippen LogP) is 1.93. The van der Waals surface area contributed by atoms with Crippen LogP contribution >= 0.6 is 11.8 Å². The van der Waals surface area contributed by atoms with E-state index in [2.05, 4.69) is 4.99 Å². The molecule has 51 valence electrons. The van der Waals surface area contributed by atoms with Gasteiger partial charge >= 0.3 is 0 Å². The Labute approximate surface area is 63.3 Å². The van der Waals surface area contributed by atoms with Crippen molar-refractivity contribution in [2.24, 2.45) is 4.99 Å². The fourth-order valence-electron chi connectivity index (χ4n) is 0.809. The van der Waals surface area contributed by atoms with Crippen LogP contribution in [0.15, 0.2) is 27.8 Å². The number of hydrogen-bond donors (Lipinski definition) is 0. The first kappa shape index (κ1) is 6.04. The second-order valence-corrected chi connectivity index (χ2v) is 2.91. The zero-order chi connectivity index (χ0) is 6.81. The summed E-state index contributed by atoms with van der Waals surface area (Å²) in [6.07, 6.45) is 1.66. The quantitative estimate of drug-likeness (QED) is 0.614. The summed E-state index contributed by atoms with van der Waals surface area (Å²) < 4.78 is 5.15. The van der Waals surface area contributed by atoms with Crippen LogP contribution in [0.1, 0.15) is 5.76 Å². The van der Waals surface area contributed by atoms with Gasteiger partial charge in [-0.3, -0.25) is 4.99 Å². The van der Waals surface area contributed by atoms with Gasteiger partial charge in [-0.1, -0.05) is 0 Å². The molecule has 0 aliphatic carbocycles. The zero-order valence-electron chi connectivity index (χ0n) is 5.28. The molecule has 0 spiro atoms. The van der Waals surface area contributed by atoms with Crippen molar-refractivity contribution >= 4 is 16.8 Å². The van der Waals surface area contributed by atoms with Gasteiger partial charge in [-0.2, -0.15) is 0 Å². The highest BCUT2D eigenvalue weighted by molar-refractivity contribution is 8.14. The average molecular weight is 152 g/mol. The van der Waals surface area contributed by atoms with Crippen molar-refractivity contribution < 1.29 is 4.42 Å². The van der Waals surface area contributed by atoms with Gasteiger partial charge in [0.05, 0.1) is 12.8 Å². The third kappa shape index (κ3) is 0.968. The van der Waals surface area contributed by atoms with E-state index in [0.29, 0.717) is 0 Å². The minimum Gasteiger partial charge on any atom is -0.462 e. The van der Waals surface area contributed by atoms with Crippen molar-refractivity contribution in [3.63, 3.8) is 0 Å². The monoisotopic (exact) mass is 152 g/mol. The van der Waals surface area contributed by atoms with Gasteiger partial charge < -0.3 is 4.42 Å². The predicted molar refractivity (Wildman–Crippen MR) is 42.0 cm³/mol. The highest BCUT2D eigenvalue weighted by Gasteiger charge is 2.11. The largest absolute Gasteiger partial charge is 0.462 e. The molecule has 3 heteroatoms. The van der Waals surface area contributed by atoms with E-state index in [4.69, 9.17) is 4.42 Å². The summed E-state index contributed by atoms with van der Waals surface area (Å²) in [6.45, 7) is 1.89. The number of rotatable bonds is 1. The van der Waals surface area contributed by atoms with Crippen molar-refractivity contribution in [2.45, 2.75) is 0 Å². The van der Waals surface area contributed by atoms with Crippen LogP contribution in [-0.2, 0) is 0 Å². The maximum absolute atomic E-state index is 5.15. The summed E-state index contributed by atoms with van der Waals surface area (Å²) in [5.41, 5.74) is 0. The molecule has 2 rings (SSSR count). The molecule has 2 heterocycles. The van der Waals surface area contributed by atoms with Gasteiger partial charge in [-0.15, -0.1) is 11.8 Å². The molecule has 1 aromatic heterocycles. The number of furan rings is 1. The van der Waals surface area contributed by atoms with Crippen LogP contribution in [0.2, 0.25) is 0 Å². The summed E-state index contributed by atoms with van der Waals surface area (Å²) in [6, 6.07) is 3.79. The van der Waals surface area contributed by atoms with E-state index in [1.54, 1.807) is 18.0 Å². The van der Waals surface area contributed by atoms with Crippen molar-refractivity contribution in [2.75, 3.05) is 5.75 Å². The minimum absolute atomic E-state index is 0.874. The molecule has 1 radical (unpaired) electrons. The van der Waals surface area contributed by atoms with Crippen molar-refractivity contribution in [3.8, 4) is 0 Å². The molecule has 0 unspecified atom stereocenters. The van der Waals surface area contributed by atoms with Crippen LogP contribution in [-0.4, -0.2) is 10.8 Å². The first-order valence-electron chi connectivity index (χ1n) is 3.03. The number of hydrogen-bond acceptors (Lipinski definition) is 3. The van der Waals surface area contributed by atoms with Gasteiger partial charge in [0.25, 0.3) is 0 Å². The number of aliphatic imine (C=N–C) groups is 1. The second kappa shape index (κ2) is 2.50. The second-order valence-electron chi connectivity index (χ2n) is 1.91. The lowest BCUT2D eigenvalue weighted by atomic mass is 10.5. The first-order chi connectivity index (χ1) is 4.97. The molecule has 1 aromatic rings. The van der Waals surface area contributed by atoms with Crippen LogP contribution in [0, 0.1) is 6.54 Å². The fraction of sp³-hybridized carbons (Fsp3) is 0.143. The van der Waals surface area contributed by atoms with E-state index in [9.17, 15) is 0 Å². The van der Waals surface area contributed by atoms with Crippen LogP contribution < -0.4 is 0 Å². The maximum atomic E-state index is 5.15. The van der Waals surface area contributed by atoms with E-state index in [1.165, 1.54) is 0 Å². The molecule has 0 N–H and O–H groups in total. The topological polar surface area (TPSA) is 25.5 Å². The van der Waals surface area contributed by atoms with E-state index in [-0.39, 0.29) is 0 Å². The van der Waals surface area contributed by atoms with E-state index >= 15 is 0 Å². The lowest BCUT2D eigenvalue weighted by Crippen LogP contribution is -1.86. The normalized spacial score (nSPS) is 17.4. The Morgan fingerprint density at radius 3 is 3.20 bits per heavy atom. The van der Waals surface area contributed by atoms with Crippen molar-refractivity contribution in [1.29, 1.82) is 0 Å². The van der Waals surface area contributed by atoms with E-state index < -0.39 is 0 Å². The Balaban J connectivity index is 2.28. The molecular weight excluding hydrogens is 146 g/mol. The molecular formula is C7H6NOS. The molecule has 10 heavy (non-hydrogen) atoms. The van der Waals surface area contributed by atoms with Crippen molar-refractivity contribution in [3.05, 3.63) is 30.7 Å². The average Bonchev–Trinajstić information content (AvgIpc) is 2.59. The molecule has 1 aliphatic heterocycles. The number of nitrogens with zero attached hydrogens (tertiary/aromatic N) is 1.